The van der Waals surface area contributed by atoms with Crippen molar-refractivity contribution in [1.29, 1.82) is 0 Å². The smallest absolute Gasteiger partial charge is 0.0636 e. The van der Waals surface area contributed by atoms with Gasteiger partial charge in [-0.15, -0.1) is 0 Å². The van der Waals surface area contributed by atoms with E-state index in [9.17, 15) is 0 Å². The molecular formula is C28H21N. The summed E-state index contributed by atoms with van der Waals surface area (Å²) in [5, 5.41) is 0. The molecule has 138 valence electrons. The number of aromatic nitrogens is 1. The normalized spacial score (nSPS) is 13.6. The molecule has 1 heterocycles. The molecule has 1 aromatic heterocycles. The van der Waals surface area contributed by atoms with E-state index in [1.165, 1.54) is 44.5 Å². The van der Waals surface area contributed by atoms with Gasteiger partial charge >= 0.3 is 0 Å². The highest BCUT2D eigenvalue weighted by atomic mass is 14.7. The minimum absolute atomic E-state index is 0.972. The summed E-state index contributed by atoms with van der Waals surface area (Å²) in [6.45, 7) is 2.15. The zero-order valence-electron chi connectivity index (χ0n) is 16.3. The molecule has 29 heavy (non-hydrogen) atoms. The molecule has 0 bridgehead atoms. The molecular weight excluding hydrogens is 350 g/mol. The Labute approximate surface area is 171 Å². The lowest BCUT2D eigenvalue weighted by molar-refractivity contribution is 1.29. The molecule has 0 fully saturated rings. The van der Waals surface area contributed by atoms with Crippen LogP contribution in [0, 0.1) is 6.92 Å². The van der Waals surface area contributed by atoms with Crippen LogP contribution >= 0.6 is 0 Å². The maximum absolute atomic E-state index is 4.74. The Morgan fingerprint density at radius 2 is 1.34 bits per heavy atom. The first-order valence-electron chi connectivity index (χ1n) is 9.90. The molecule has 4 aromatic rings. The molecule has 0 saturated heterocycles. The highest BCUT2D eigenvalue weighted by molar-refractivity contribution is 6.06. The fourth-order valence-electron chi connectivity index (χ4n) is 3.88. The summed E-state index contributed by atoms with van der Waals surface area (Å²) in [5.74, 6) is 0. The number of pyridine rings is 1. The SMILES string of the molecule is Cc1ccc2c(c1)/C(=C/c1ccccc1)c1cnc(/C=C/c3ccccc3)cc1-2. The summed E-state index contributed by atoms with van der Waals surface area (Å²) in [4.78, 5) is 4.74. The second-order valence-electron chi connectivity index (χ2n) is 7.42. The van der Waals surface area contributed by atoms with Crippen molar-refractivity contribution in [3.05, 3.63) is 125 Å². The molecule has 0 N–H and O–H groups in total. The Kier molecular flexibility index (Phi) is 4.42. The van der Waals surface area contributed by atoms with Crippen LogP contribution in [0.4, 0.5) is 0 Å². The van der Waals surface area contributed by atoms with E-state index in [2.05, 4.69) is 104 Å². The molecule has 0 radical (unpaired) electrons. The number of hydrogen-bond donors (Lipinski definition) is 0. The highest BCUT2D eigenvalue weighted by Crippen LogP contribution is 2.45. The molecule has 5 rings (SSSR count). The summed E-state index contributed by atoms with van der Waals surface area (Å²) < 4.78 is 0. The second kappa shape index (κ2) is 7.37. The predicted octanol–water partition coefficient (Wildman–Crippen LogP) is 7.13. The molecule has 1 nitrogen and oxygen atoms in total. The van der Waals surface area contributed by atoms with Gasteiger partial charge in [-0.25, -0.2) is 0 Å². The fraction of sp³-hybridized carbons (Fsp3) is 0.0357. The summed E-state index contributed by atoms with van der Waals surface area (Å²) in [7, 11) is 0. The number of fused-ring (bicyclic) bond motifs is 3. The zero-order valence-corrected chi connectivity index (χ0v) is 16.3. The van der Waals surface area contributed by atoms with Crippen molar-refractivity contribution in [3.8, 4) is 11.1 Å². The van der Waals surface area contributed by atoms with Crippen LogP contribution < -0.4 is 0 Å². The van der Waals surface area contributed by atoms with Gasteiger partial charge in [-0.05, 0) is 58.5 Å². The number of rotatable bonds is 3. The third-order valence-electron chi connectivity index (χ3n) is 5.33. The van der Waals surface area contributed by atoms with Gasteiger partial charge in [-0.3, -0.25) is 4.98 Å². The monoisotopic (exact) mass is 371 g/mol. The minimum atomic E-state index is 0.972. The molecule has 1 heteroatoms. The van der Waals surface area contributed by atoms with E-state index in [0.717, 1.165) is 5.69 Å². The van der Waals surface area contributed by atoms with Gasteiger partial charge in [0, 0.05) is 11.8 Å². The average molecular weight is 371 g/mol. The van der Waals surface area contributed by atoms with Crippen LogP contribution in [0.3, 0.4) is 0 Å². The van der Waals surface area contributed by atoms with Gasteiger partial charge in [0.15, 0.2) is 0 Å². The third kappa shape index (κ3) is 3.43. The van der Waals surface area contributed by atoms with Gasteiger partial charge in [-0.1, -0.05) is 90.5 Å². The van der Waals surface area contributed by atoms with E-state index in [1.54, 1.807) is 0 Å². The van der Waals surface area contributed by atoms with Crippen LogP contribution in [0.25, 0.3) is 34.9 Å². The number of aryl methyl sites for hydroxylation is 1. The third-order valence-corrected chi connectivity index (χ3v) is 5.33. The highest BCUT2D eigenvalue weighted by Gasteiger charge is 2.24. The topological polar surface area (TPSA) is 12.9 Å². The first-order valence-corrected chi connectivity index (χ1v) is 9.90. The van der Waals surface area contributed by atoms with E-state index in [1.807, 2.05) is 12.3 Å². The summed E-state index contributed by atoms with van der Waals surface area (Å²) in [5.41, 5.74) is 10.9. The Morgan fingerprint density at radius 3 is 2.10 bits per heavy atom. The van der Waals surface area contributed by atoms with Crippen LogP contribution in [-0.2, 0) is 0 Å². The fourth-order valence-corrected chi connectivity index (χ4v) is 3.88. The Bertz CT molecular complexity index is 1230. The van der Waals surface area contributed by atoms with Crippen molar-refractivity contribution in [3.63, 3.8) is 0 Å². The molecule has 0 atom stereocenters. The van der Waals surface area contributed by atoms with E-state index >= 15 is 0 Å². The number of hydrogen-bond acceptors (Lipinski definition) is 1. The lowest BCUT2D eigenvalue weighted by Crippen LogP contribution is -1.87. The van der Waals surface area contributed by atoms with Crippen molar-refractivity contribution in [2.24, 2.45) is 0 Å². The largest absolute Gasteiger partial charge is 0.256 e. The van der Waals surface area contributed by atoms with Gasteiger partial charge in [0.1, 0.15) is 0 Å². The van der Waals surface area contributed by atoms with Crippen molar-refractivity contribution < 1.29 is 0 Å². The van der Waals surface area contributed by atoms with Crippen molar-refractivity contribution in [2.45, 2.75) is 6.92 Å². The molecule has 0 amide bonds. The molecule has 3 aromatic carbocycles. The maximum atomic E-state index is 4.74. The van der Waals surface area contributed by atoms with Gasteiger partial charge in [0.25, 0.3) is 0 Å². The molecule has 1 aliphatic rings. The Hall–Kier alpha value is -3.71. The molecule has 1 aliphatic carbocycles. The Morgan fingerprint density at radius 1 is 0.621 bits per heavy atom. The van der Waals surface area contributed by atoms with E-state index < -0.39 is 0 Å². The summed E-state index contributed by atoms with van der Waals surface area (Å²) in [6.07, 6.45) is 8.48. The van der Waals surface area contributed by atoms with Gasteiger partial charge in [0.05, 0.1) is 5.69 Å². The van der Waals surface area contributed by atoms with Crippen LogP contribution in [0.15, 0.2) is 91.1 Å². The lowest BCUT2D eigenvalue weighted by Gasteiger charge is -2.04. The maximum Gasteiger partial charge on any atom is 0.0636 e. The van der Waals surface area contributed by atoms with Crippen LogP contribution in [0.1, 0.15) is 33.5 Å². The van der Waals surface area contributed by atoms with Gasteiger partial charge in [0.2, 0.25) is 0 Å². The lowest BCUT2D eigenvalue weighted by atomic mass is 10.0. The first-order chi connectivity index (χ1) is 14.3. The standard InChI is InChI=1S/C28H21N/c1-20-12-15-24-25(16-20)26(17-22-10-6-3-7-11-22)28-19-29-23(18-27(24)28)14-13-21-8-4-2-5-9-21/h2-19H,1H3/b14-13+,26-17-. The van der Waals surface area contributed by atoms with Crippen LogP contribution in [0.5, 0.6) is 0 Å². The van der Waals surface area contributed by atoms with E-state index in [4.69, 9.17) is 4.98 Å². The summed E-state index contributed by atoms with van der Waals surface area (Å²) in [6, 6.07) is 29.7. The van der Waals surface area contributed by atoms with Gasteiger partial charge < -0.3 is 0 Å². The molecule has 0 spiro atoms. The Balaban J connectivity index is 1.61. The van der Waals surface area contributed by atoms with Crippen LogP contribution in [-0.4, -0.2) is 4.98 Å². The zero-order chi connectivity index (χ0) is 19.6. The predicted molar refractivity (Wildman–Crippen MR) is 123 cm³/mol. The molecule has 0 aliphatic heterocycles. The van der Waals surface area contributed by atoms with Crippen molar-refractivity contribution in [2.75, 3.05) is 0 Å². The van der Waals surface area contributed by atoms with Gasteiger partial charge in [-0.2, -0.15) is 0 Å². The number of nitrogens with zero attached hydrogens (tertiary/aromatic N) is 1. The average Bonchev–Trinajstić information content (AvgIpc) is 3.06. The molecule has 0 unspecified atom stereocenters. The number of benzene rings is 3. The van der Waals surface area contributed by atoms with E-state index in [0.29, 0.717) is 0 Å². The second-order valence-corrected chi connectivity index (χ2v) is 7.42. The van der Waals surface area contributed by atoms with Crippen LogP contribution in [0.2, 0.25) is 0 Å². The quantitative estimate of drug-likeness (QED) is 0.329. The van der Waals surface area contributed by atoms with Crippen molar-refractivity contribution >= 4 is 23.8 Å². The van der Waals surface area contributed by atoms with E-state index in [-0.39, 0.29) is 0 Å². The first kappa shape index (κ1) is 17.4. The minimum Gasteiger partial charge on any atom is -0.256 e. The molecule has 0 saturated carbocycles. The van der Waals surface area contributed by atoms with Crippen molar-refractivity contribution in [1.82, 2.24) is 4.98 Å². The summed E-state index contributed by atoms with van der Waals surface area (Å²) >= 11 is 0.